The lowest BCUT2D eigenvalue weighted by Gasteiger charge is -2.16. The highest BCUT2D eigenvalue weighted by Crippen LogP contribution is 2.31. The number of aromatic carboxylic acids is 1. The van der Waals surface area contributed by atoms with Gasteiger partial charge >= 0.3 is 5.97 Å². The number of carboxylic acids is 1. The summed E-state index contributed by atoms with van der Waals surface area (Å²) >= 11 is 0. The summed E-state index contributed by atoms with van der Waals surface area (Å²) in [5.74, 6) is 0.500. The predicted octanol–water partition coefficient (Wildman–Crippen LogP) is 3.71. The molecule has 122 valence electrons. The molecule has 23 heavy (non-hydrogen) atoms. The molecule has 0 aromatic heterocycles. The second kappa shape index (κ2) is 7.54. The van der Waals surface area contributed by atoms with Crippen LogP contribution in [0.5, 0.6) is 11.5 Å². The van der Waals surface area contributed by atoms with Crippen molar-refractivity contribution in [1.29, 1.82) is 0 Å². The quantitative estimate of drug-likeness (QED) is 0.815. The number of carbonyl (C=O) groups is 1. The highest BCUT2D eigenvalue weighted by Gasteiger charge is 2.11. The van der Waals surface area contributed by atoms with Crippen LogP contribution in [-0.2, 0) is 6.54 Å². The van der Waals surface area contributed by atoms with E-state index in [4.69, 9.17) is 14.6 Å². The highest BCUT2D eigenvalue weighted by molar-refractivity contribution is 5.88. The maximum Gasteiger partial charge on any atom is 0.335 e. The van der Waals surface area contributed by atoms with E-state index in [2.05, 4.69) is 5.32 Å². The van der Waals surface area contributed by atoms with Crippen molar-refractivity contribution < 1.29 is 19.4 Å². The Morgan fingerprint density at radius 1 is 1.26 bits per heavy atom. The second-order valence-electron chi connectivity index (χ2n) is 5.07. The summed E-state index contributed by atoms with van der Waals surface area (Å²) in [6.07, 6.45) is 0. The lowest BCUT2D eigenvalue weighted by atomic mass is 10.1. The van der Waals surface area contributed by atoms with Gasteiger partial charge in [0.05, 0.1) is 19.3 Å². The van der Waals surface area contributed by atoms with Gasteiger partial charge in [0.15, 0.2) is 11.5 Å². The van der Waals surface area contributed by atoms with Crippen molar-refractivity contribution in [3.63, 3.8) is 0 Å². The Kier molecular flexibility index (Phi) is 5.46. The number of carboxylic acid groups (broad SMARTS) is 1. The van der Waals surface area contributed by atoms with E-state index in [0.29, 0.717) is 18.9 Å². The molecule has 0 atom stereocenters. The van der Waals surface area contributed by atoms with Gasteiger partial charge in [0, 0.05) is 17.8 Å². The van der Waals surface area contributed by atoms with Crippen molar-refractivity contribution in [3.05, 3.63) is 53.1 Å². The molecule has 0 aliphatic carbocycles. The van der Waals surface area contributed by atoms with Gasteiger partial charge in [-0.2, -0.15) is 0 Å². The van der Waals surface area contributed by atoms with Crippen LogP contribution < -0.4 is 14.8 Å². The third-order valence-electron chi connectivity index (χ3n) is 3.51. The maximum atomic E-state index is 11.0. The fourth-order valence-corrected chi connectivity index (χ4v) is 2.35. The third kappa shape index (κ3) is 3.94. The van der Waals surface area contributed by atoms with Gasteiger partial charge < -0.3 is 19.9 Å². The van der Waals surface area contributed by atoms with Gasteiger partial charge in [-0.15, -0.1) is 0 Å². The maximum absolute atomic E-state index is 11.0. The van der Waals surface area contributed by atoms with Crippen LogP contribution in [0, 0.1) is 6.92 Å². The Hall–Kier alpha value is -2.69. The van der Waals surface area contributed by atoms with Crippen molar-refractivity contribution in [2.24, 2.45) is 0 Å². The Labute approximate surface area is 135 Å². The molecule has 0 unspecified atom stereocenters. The Bertz CT molecular complexity index is 697. The standard InChI is InChI=1S/C18H21NO4/c1-4-23-17-14(6-5-7-16(17)22-3)11-19-15-9-8-13(18(20)21)10-12(15)2/h5-10,19H,4,11H2,1-3H3,(H,20,21). The minimum Gasteiger partial charge on any atom is -0.493 e. The van der Waals surface area contributed by atoms with Gasteiger partial charge in [0.1, 0.15) is 0 Å². The summed E-state index contributed by atoms with van der Waals surface area (Å²) in [6, 6.07) is 10.8. The molecule has 2 rings (SSSR count). The fourth-order valence-electron chi connectivity index (χ4n) is 2.35. The number of anilines is 1. The van der Waals surface area contributed by atoms with Gasteiger partial charge in [0.25, 0.3) is 0 Å². The minimum absolute atomic E-state index is 0.282. The lowest BCUT2D eigenvalue weighted by Crippen LogP contribution is -2.06. The zero-order chi connectivity index (χ0) is 16.8. The summed E-state index contributed by atoms with van der Waals surface area (Å²) in [5.41, 5.74) is 3.03. The molecule has 0 radical (unpaired) electrons. The summed E-state index contributed by atoms with van der Waals surface area (Å²) in [7, 11) is 1.61. The van der Waals surface area contributed by atoms with E-state index < -0.39 is 5.97 Å². The normalized spacial score (nSPS) is 10.2. The number of ether oxygens (including phenoxy) is 2. The zero-order valence-corrected chi connectivity index (χ0v) is 13.6. The molecule has 0 heterocycles. The van der Waals surface area contributed by atoms with E-state index >= 15 is 0 Å². The molecule has 2 aromatic carbocycles. The molecule has 5 heteroatoms. The van der Waals surface area contributed by atoms with Gasteiger partial charge in [-0.3, -0.25) is 0 Å². The molecule has 5 nitrogen and oxygen atoms in total. The van der Waals surface area contributed by atoms with E-state index in [1.807, 2.05) is 32.0 Å². The lowest BCUT2D eigenvalue weighted by molar-refractivity contribution is 0.0697. The van der Waals surface area contributed by atoms with Crippen molar-refractivity contribution in [2.75, 3.05) is 19.0 Å². The first kappa shape index (κ1) is 16.7. The molecule has 2 aromatic rings. The van der Waals surface area contributed by atoms with Crippen molar-refractivity contribution in [2.45, 2.75) is 20.4 Å². The first-order chi connectivity index (χ1) is 11.1. The first-order valence-electron chi connectivity index (χ1n) is 7.43. The van der Waals surface area contributed by atoms with Crippen LogP contribution in [0.15, 0.2) is 36.4 Å². The molecular formula is C18H21NO4. The molecular weight excluding hydrogens is 294 g/mol. The van der Waals surface area contributed by atoms with Crippen LogP contribution in [0.4, 0.5) is 5.69 Å². The molecule has 0 saturated carbocycles. The molecule has 0 spiro atoms. The SMILES string of the molecule is CCOc1c(CNc2ccc(C(=O)O)cc2C)cccc1OC. The number of methoxy groups -OCH3 is 1. The van der Waals surface area contributed by atoms with Crippen LogP contribution in [0.2, 0.25) is 0 Å². The smallest absolute Gasteiger partial charge is 0.335 e. The van der Waals surface area contributed by atoms with Crippen molar-refractivity contribution in [1.82, 2.24) is 0 Å². The van der Waals surface area contributed by atoms with Crippen molar-refractivity contribution in [3.8, 4) is 11.5 Å². The minimum atomic E-state index is -0.925. The Morgan fingerprint density at radius 3 is 2.65 bits per heavy atom. The molecule has 0 amide bonds. The second-order valence-corrected chi connectivity index (χ2v) is 5.07. The van der Waals surface area contributed by atoms with Crippen LogP contribution in [0.1, 0.15) is 28.4 Å². The Balaban J connectivity index is 2.19. The van der Waals surface area contributed by atoms with E-state index in [1.165, 1.54) is 0 Å². The number of aryl methyl sites for hydroxylation is 1. The molecule has 2 N–H and O–H groups in total. The number of hydrogen-bond donors (Lipinski definition) is 2. The predicted molar refractivity (Wildman–Crippen MR) is 89.6 cm³/mol. The van der Waals surface area contributed by atoms with Gasteiger partial charge in [-0.05, 0) is 43.7 Å². The summed E-state index contributed by atoms with van der Waals surface area (Å²) in [6.45, 7) is 4.92. The average Bonchev–Trinajstić information content (AvgIpc) is 2.54. The third-order valence-corrected chi connectivity index (χ3v) is 3.51. The number of nitrogens with one attached hydrogen (secondary N) is 1. The van der Waals surface area contributed by atoms with Gasteiger partial charge in [0.2, 0.25) is 0 Å². The van der Waals surface area contributed by atoms with Crippen LogP contribution in [-0.4, -0.2) is 24.8 Å². The van der Waals surface area contributed by atoms with Crippen LogP contribution >= 0.6 is 0 Å². The monoisotopic (exact) mass is 315 g/mol. The zero-order valence-electron chi connectivity index (χ0n) is 13.6. The Morgan fingerprint density at radius 2 is 2.04 bits per heavy atom. The van der Waals surface area contributed by atoms with E-state index in [9.17, 15) is 4.79 Å². The fraction of sp³-hybridized carbons (Fsp3) is 0.278. The van der Waals surface area contributed by atoms with E-state index in [0.717, 1.165) is 22.6 Å². The summed E-state index contributed by atoms with van der Waals surface area (Å²) in [5, 5.41) is 12.3. The number of para-hydroxylation sites is 1. The first-order valence-corrected chi connectivity index (χ1v) is 7.43. The van der Waals surface area contributed by atoms with E-state index in [-0.39, 0.29) is 5.56 Å². The summed E-state index contributed by atoms with van der Waals surface area (Å²) in [4.78, 5) is 11.0. The van der Waals surface area contributed by atoms with Crippen LogP contribution in [0.25, 0.3) is 0 Å². The topological polar surface area (TPSA) is 67.8 Å². The molecule has 0 aliphatic rings. The number of benzene rings is 2. The number of rotatable bonds is 7. The van der Waals surface area contributed by atoms with Crippen molar-refractivity contribution >= 4 is 11.7 Å². The summed E-state index contributed by atoms with van der Waals surface area (Å²) < 4.78 is 11.0. The van der Waals surface area contributed by atoms with Gasteiger partial charge in [-0.1, -0.05) is 12.1 Å². The molecule has 0 aliphatic heterocycles. The molecule has 0 saturated heterocycles. The largest absolute Gasteiger partial charge is 0.493 e. The molecule has 0 bridgehead atoms. The van der Waals surface area contributed by atoms with Crippen LogP contribution in [0.3, 0.4) is 0 Å². The van der Waals surface area contributed by atoms with Gasteiger partial charge in [-0.25, -0.2) is 4.79 Å². The van der Waals surface area contributed by atoms with E-state index in [1.54, 1.807) is 25.3 Å². The average molecular weight is 315 g/mol. The highest BCUT2D eigenvalue weighted by atomic mass is 16.5. The molecule has 0 fully saturated rings. The number of hydrogen-bond acceptors (Lipinski definition) is 4.